The maximum Gasteiger partial charge on any atom is 0.293 e. The minimum absolute atomic E-state index is 0.370. The van der Waals surface area contributed by atoms with Crippen molar-refractivity contribution in [2.24, 2.45) is 5.92 Å². The lowest BCUT2D eigenvalue weighted by atomic mass is 9.83. The summed E-state index contributed by atoms with van der Waals surface area (Å²) in [5, 5.41) is 0. The van der Waals surface area contributed by atoms with Crippen LogP contribution in [0.1, 0.15) is 51.9 Å². The van der Waals surface area contributed by atoms with E-state index in [4.69, 9.17) is 4.74 Å². The van der Waals surface area contributed by atoms with E-state index in [-0.39, 0.29) is 0 Å². The fraction of sp³-hybridized carbons (Fsp3) is 0.917. The summed E-state index contributed by atoms with van der Waals surface area (Å²) in [5.41, 5.74) is 0. The second-order valence-corrected chi connectivity index (χ2v) is 4.46. The molecule has 88 valence electrons. The molecular formula is C12H21FO2. The molecule has 1 aliphatic carbocycles. The van der Waals surface area contributed by atoms with Crippen LogP contribution < -0.4 is 0 Å². The SMILES string of the molecule is CCCCCC1CCC(OC=O)C(F)C1. The second kappa shape index (κ2) is 6.81. The maximum absolute atomic E-state index is 13.5. The predicted molar refractivity (Wildman–Crippen MR) is 57.3 cm³/mol. The van der Waals surface area contributed by atoms with Crippen molar-refractivity contribution in [3.8, 4) is 0 Å². The van der Waals surface area contributed by atoms with Crippen LogP contribution in [0, 0.1) is 5.92 Å². The molecule has 0 N–H and O–H groups in total. The number of unbranched alkanes of at least 4 members (excludes halogenated alkanes) is 2. The second-order valence-electron chi connectivity index (χ2n) is 4.46. The molecule has 3 unspecified atom stereocenters. The van der Waals surface area contributed by atoms with Gasteiger partial charge in [0.1, 0.15) is 12.3 Å². The molecule has 0 radical (unpaired) electrons. The zero-order valence-corrected chi connectivity index (χ0v) is 9.45. The van der Waals surface area contributed by atoms with Gasteiger partial charge in [-0.05, 0) is 25.2 Å². The Morgan fingerprint density at radius 3 is 2.80 bits per heavy atom. The number of alkyl halides is 1. The molecule has 3 atom stereocenters. The smallest absolute Gasteiger partial charge is 0.293 e. The van der Waals surface area contributed by atoms with Gasteiger partial charge in [0.25, 0.3) is 6.47 Å². The number of ether oxygens (including phenoxy) is 1. The topological polar surface area (TPSA) is 26.3 Å². The van der Waals surface area contributed by atoms with Crippen molar-refractivity contribution in [3.05, 3.63) is 0 Å². The molecule has 0 saturated heterocycles. The molecule has 0 heterocycles. The lowest BCUT2D eigenvalue weighted by molar-refractivity contribution is -0.139. The Balaban J connectivity index is 2.21. The molecule has 0 aliphatic heterocycles. The molecule has 15 heavy (non-hydrogen) atoms. The van der Waals surface area contributed by atoms with Crippen LogP contribution in [0.2, 0.25) is 0 Å². The zero-order chi connectivity index (χ0) is 11.1. The summed E-state index contributed by atoms with van der Waals surface area (Å²) in [6, 6.07) is 0. The summed E-state index contributed by atoms with van der Waals surface area (Å²) in [6.45, 7) is 2.54. The van der Waals surface area contributed by atoms with Crippen molar-refractivity contribution in [2.75, 3.05) is 0 Å². The first-order chi connectivity index (χ1) is 7.27. The summed E-state index contributed by atoms with van der Waals surface area (Å²) in [5.74, 6) is 0.498. The van der Waals surface area contributed by atoms with Crippen LogP contribution in [-0.2, 0) is 9.53 Å². The lowest BCUT2D eigenvalue weighted by Crippen LogP contribution is -2.32. The Kier molecular flexibility index (Phi) is 5.66. The van der Waals surface area contributed by atoms with E-state index in [0.29, 0.717) is 25.2 Å². The molecule has 1 rings (SSSR count). The molecule has 0 aromatic rings. The third kappa shape index (κ3) is 4.18. The third-order valence-electron chi connectivity index (χ3n) is 3.27. The fourth-order valence-corrected chi connectivity index (χ4v) is 2.34. The van der Waals surface area contributed by atoms with E-state index in [1.54, 1.807) is 0 Å². The Hall–Kier alpha value is -0.600. The first-order valence-corrected chi connectivity index (χ1v) is 6.01. The van der Waals surface area contributed by atoms with Crippen molar-refractivity contribution in [1.29, 1.82) is 0 Å². The first-order valence-electron chi connectivity index (χ1n) is 6.01. The monoisotopic (exact) mass is 216 g/mol. The van der Waals surface area contributed by atoms with E-state index < -0.39 is 12.3 Å². The van der Waals surface area contributed by atoms with E-state index in [0.717, 1.165) is 12.8 Å². The van der Waals surface area contributed by atoms with Crippen molar-refractivity contribution in [2.45, 2.75) is 64.1 Å². The van der Waals surface area contributed by atoms with Gasteiger partial charge in [-0.1, -0.05) is 32.6 Å². The number of halogens is 1. The van der Waals surface area contributed by atoms with Crippen LogP contribution in [0.25, 0.3) is 0 Å². The van der Waals surface area contributed by atoms with Crippen LogP contribution in [0.5, 0.6) is 0 Å². The lowest BCUT2D eigenvalue weighted by Gasteiger charge is -2.30. The van der Waals surface area contributed by atoms with Crippen molar-refractivity contribution >= 4 is 6.47 Å². The Labute approximate surface area is 91.2 Å². The normalized spacial score (nSPS) is 31.2. The van der Waals surface area contributed by atoms with E-state index in [2.05, 4.69) is 6.92 Å². The average Bonchev–Trinajstić information content (AvgIpc) is 2.23. The Morgan fingerprint density at radius 1 is 1.40 bits per heavy atom. The number of hydrogen-bond donors (Lipinski definition) is 0. The van der Waals surface area contributed by atoms with Crippen LogP contribution >= 0.6 is 0 Å². The van der Waals surface area contributed by atoms with Gasteiger partial charge in [-0.3, -0.25) is 4.79 Å². The molecule has 0 aromatic heterocycles. The van der Waals surface area contributed by atoms with Gasteiger partial charge >= 0.3 is 0 Å². The Morgan fingerprint density at radius 2 is 2.20 bits per heavy atom. The minimum atomic E-state index is -0.949. The zero-order valence-electron chi connectivity index (χ0n) is 9.45. The highest BCUT2D eigenvalue weighted by atomic mass is 19.1. The molecule has 3 heteroatoms. The summed E-state index contributed by atoms with van der Waals surface area (Å²) in [6.07, 6.45) is 5.61. The molecule has 0 bridgehead atoms. The molecule has 0 aromatic carbocycles. The molecule has 1 saturated carbocycles. The number of hydrogen-bond acceptors (Lipinski definition) is 2. The van der Waals surface area contributed by atoms with Gasteiger partial charge in [-0.25, -0.2) is 4.39 Å². The van der Waals surface area contributed by atoms with Crippen LogP contribution in [0.15, 0.2) is 0 Å². The predicted octanol–water partition coefficient (Wildman–Crippen LogP) is 3.25. The van der Waals surface area contributed by atoms with Crippen molar-refractivity contribution < 1.29 is 13.9 Å². The highest BCUT2D eigenvalue weighted by Gasteiger charge is 2.31. The van der Waals surface area contributed by atoms with Gasteiger partial charge in [0.05, 0.1) is 0 Å². The van der Waals surface area contributed by atoms with E-state index >= 15 is 0 Å². The summed E-state index contributed by atoms with van der Waals surface area (Å²) < 4.78 is 18.2. The molecule has 0 amide bonds. The molecule has 1 aliphatic rings. The van der Waals surface area contributed by atoms with Gasteiger partial charge in [0, 0.05) is 0 Å². The number of rotatable bonds is 6. The highest BCUT2D eigenvalue weighted by Crippen LogP contribution is 2.31. The van der Waals surface area contributed by atoms with Crippen molar-refractivity contribution in [3.63, 3.8) is 0 Å². The van der Waals surface area contributed by atoms with Crippen molar-refractivity contribution in [1.82, 2.24) is 0 Å². The van der Waals surface area contributed by atoms with Crippen LogP contribution in [-0.4, -0.2) is 18.7 Å². The standard InChI is InChI=1S/C12H21FO2/c1-2-3-4-5-10-6-7-12(15-9-14)11(13)8-10/h9-12H,2-8H2,1H3. The largest absolute Gasteiger partial charge is 0.461 e. The number of carbonyl (C=O) groups excluding carboxylic acids is 1. The number of carbonyl (C=O) groups is 1. The van der Waals surface area contributed by atoms with Crippen LogP contribution in [0.4, 0.5) is 4.39 Å². The van der Waals surface area contributed by atoms with Gasteiger partial charge in [0.2, 0.25) is 0 Å². The quantitative estimate of drug-likeness (QED) is 0.503. The van der Waals surface area contributed by atoms with Gasteiger partial charge in [-0.15, -0.1) is 0 Å². The van der Waals surface area contributed by atoms with E-state index in [9.17, 15) is 9.18 Å². The van der Waals surface area contributed by atoms with E-state index in [1.165, 1.54) is 19.3 Å². The molecule has 2 nitrogen and oxygen atoms in total. The third-order valence-corrected chi connectivity index (χ3v) is 3.27. The Bertz CT molecular complexity index is 184. The summed E-state index contributed by atoms with van der Waals surface area (Å²) >= 11 is 0. The summed E-state index contributed by atoms with van der Waals surface area (Å²) in [7, 11) is 0. The fourth-order valence-electron chi connectivity index (χ4n) is 2.34. The molecule has 1 fully saturated rings. The molecule has 0 spiro atoms. The maximum atomic E-state index is 13.5. The highest BCUT2D eigenvalue weighted by molar-refractivity contribution is 5.37. The van der Waals surface area contributed by atoms with Gasteiger partial charge in [-0.2, -0.15) is 0 Å². The van der Waals surface area contributed by atoms with Crippen LogP contribution in [0.3, 0.4) is 0 Å². The summed E-state index contributed by atoms with van der Waals surface area (Å²) in [4.78, 5) is 10.1. The van der Waals surface area contributed by atoms with Gasteiger partial charge < -0.3 is 4.74 Å². The van der Waals surface area contributed by atoms with Gasteiger partial charge in [0.15, 0.2) is 0 Å². The average molecular weight is 216 g/mol. The van der Waals surface area contributed by atoms with E-state index in [1.807, 2.05) is 0 Å². The minimum Gasteiger partial charge on any atom is -0.461 e. The molecular weight excluding hydrogens is 195 g/mol. The first kappa shape index (κ1) is 12.5.